The van der Waals surface area contributed by atoms with Gasteiger partial charge in [-0.3, -0.25) is 4.79 Å². The molecule has 3 rings (SSSR count). The lowest BCUT2D eigenvalue weighted by atomic mass is 9.95. The quantitative estimate of drug-likeness (QED) is 0.926. The van der Waals surface area contributed by atoms with E-state index < -0.39 is 0 Å². The summed E-state index contributed by atoms with van der Waals surface area (Å²) in [5, 5.41) is 5.51. The summed E-state index contributed by atoms with van der Waals surface area (Å²) in [5.74, 6) is 1.43. The lowest BCUT2D eigenvalue weighted by Crippen LogP contribution is -2.22. The number of benzene rings is 2. The summed E-state index contributed by atoms with van der Waals surface area (Å²) >= 11 is 0. The maximum atomic E-state index is 11.0. The van der Waals surface area contributed by atoms with E-state index in [-0.39, 0.29) is 5.91 Å². The van der Waals surface area contributed by atoms with Crippen LogP contribution in [0.4, 0.5) is 0 Å². The Labute approximate surface area is 118 Å². The Kier molecular flexibility index (Phi) is 3.35. The molecule has 0 heterocycles. The summed E-state index contributed by atoms with van der Waals surface area (Å²) in [4.78, 5) is 11.0. The highest BCUT2D eigenvalue weighted by Gasteiger charge is 2.27. The molecular weight excluding hydrogens is 250 g/mol. The molecule has 0 saturated heterocycles. The molecule has 0 aromatic heterocycles. The molecule has 2 aromatic rings. The summed E-state index contributed by atoms with van der Waals surface area (Å²) in [7, 11) is 1.73. The molecular formula is C17H19NO2. The van der Waals surface area contributed by atoms with Crippen LogP contribution in [-0.2, 0) is 11.2 Å². The van der Waals surface area contributed by atoms with Gasteiger partial charge in [-0.25, -0.2) is 0 Å². The Hall–Kier alpha value is -2.03. The molecule has 1 amide bonds. The number of carbonyl (C=O) groups is 1. The fourth-order valence-corrected chi connectivity index (χ4v) is 3.26. The molecule has 1 atom stereocenters. The van der Waals surface area contributed by atoms with Gasteiger partial charge in [0.25, 0.3) is 0 Å². The van der Waals surface area contributed by atoms with Crippen molar-refractivity contribution in [3.05, 3.63) is 41.5 Å². The number of nitrogens with one attached hydrogen (secondary N) is 1. The second-order valence-corrected chi connectivity index (χ2v) is 5.37. The first-order valence-electron chi connectivity index (χ1n) is 7.03. The van der Waals surface area contributed by atoms with Crippen LogP contribution in [-0.4, -0.2) is 19.6 Å². The second-order valence-electron chi connectivity index (χ2n) is 5.37. The second kappa shape index (κ2) is 5.16. The zero-order valence-corrected chi connectivity index (χ0v) is 11.9. The molecule has 1 N–H and O–H groups in total. The van der Waals surface area contributed by atoms with E-state index >= 15 is 0 Å². The zero-order chi connectivity index (χ0) is 14.1. The molecule has 0 unspecified atom stereocenters. The Bertz CT molecular complexity index is 663. The fourth-order valence-electron chi connectivity index (χ4n) is 3.26. The van der Waals surface area contributed by atoms with Crippen molar-refractivity contribution in [1.82, 2.24) is 5.32 Å². The van der Waals surface area contributed by atoms with Crippen LogP contribution in [0.1, 0.15) is 30.4 Å². The van der Waals surface area contributed by atoms with E-state index in [0.717, 1.165) is 18.6 Å². The highest BCUT2D eigenvalue weighted by Crippen LogP contribution is 2.44. The fraction of sp³-hybridized carbons (Fsp3) is 0.353. The first-order chi connectivity index (χ1) is 9.70. The van der Waals surface area contributed by atoms with E-state index in [1.54, 1.807) is 14.0 Å². The van der Waals surface area contributed by atoms with Crippen molar-refractivity contribution in [3.63, 3.8) is 0 Å². The zero-order valence-electron chi connectivity index (χ0n) is 11.9. The van der Waals surface area contributed by atoms with Gasteiger partial charge in [0.1, 0.15) is 5.75 Å². The topological polar surface area (TPSA) is 38.3 Å². The normalized spacial score (nSPS) is 16.4. The van der Waals surface area contributed by atoms with E-state index in [0.29, 0.717) is 12.5 Å². The Morgan fingerprint density at radius 3 is 2.95 bits per heavy atom. The number of methoxy groups -OCH3 is 1. The van der Waals surface area contributed by atoms with E-state index in [1.807, 2.05) is 0 Å². The average molecular weight is 269 g/mol. The molecule has 2 aromatic carbocycles. The largest absolute Gasteiger partial charge is 0.496 e. The van der Waals surface area contributed by atoms with Crippen LogP contribution in [0.25, 0.3) is 10.8 Å². The van der Waals surface area contributed by atoms with Gasteiger partial charge in [-0.05, 0) is 41.2 Å². The minimum absolute atomic E-state index is 0.0330. The van der Waals surface area contributed by atoms with E-state index in [1.165, 1.54) is 21.9 Å². The molecule has 0 fully saturated rings. The van der Waals surface area contributed by atoms with Crippen molar-refractivity contribution in [3.8, 4) is 5.75 Å². The Morgan fingerprint density at radius 2 is 2.20 bits per heavy atom. The van der Waals surface area contributed by atoms with Gasteiger partial charge in [-0.2, -0.15) is 0 Å². The van der Waals surface area contributed by atoms with Crippen LogP contribution < -0.4 is 10.1 Å². The molecule has 104 valence electrons. The van der Waals surface area contributed by atoms with Crippen LogP contribution in [0.5, 0.6) is 5.75 Å². The van der Waals surface area contributed by atoms with E-state index in [2.05, 4.69) is 35.6 Å². The Morgan fingerprint density at radius 1 is 1.35 bits per heavy atom. The highest BCUT2D eigenvalue weighted by atomic mass is 16.5. The maximum Gasteiger partial charge on any atom is 0.216 e. The van der Waals surface area contributed by atoms with Crippen molar-refractivity contribution in [2.75, 3.05) is 13.7 Å². The molecule has 0 radical (unpaired) electrons. The molecule has 1 aliphatic carbocycles. The standard InChI is InChI=1S/C17H19NO2/c1-11(19)18-9-8-14-10-13-5-3-4-12-6-7-15(20-2)17(14)16(12)13/h3-7,14H,8-10H2,1-2H3,(H,18,19)/t14-/m1/s1. The summed E-state index contributed by atoms with van der Waals surface area (Å²) in [6, 6.07) is 10.6. The van der Waals surface area contributed by atoms with Gasteiger partial charge in [0.05, 0.1) is 7.11 Å². The van der Waals surface area contributed by atoms with Crippen molar-refractivity contribution in [2.24, 2.45) is 0 Å². The molecule has 1 aliphatic rings. The molecule has 0 saturated carbocycles. The van der Waals surface area contributed by atoms with Gasteiger partial charge < -0.3 is 10.1 Å². The third-order valence-electron chi connectivity index (χ3n) is 4.09. The number of amides is 1. The van der Waals surface area contributed by atoms with Crippen molar-refractivity contribution >= 4 is 16.7 Å². The maximum absolute atomic E-state index is 11.0. The molecule has 20 heavy (non-hydrogen) atoms. The van der Waals surface area contributed by atoms with E-state index in [4.69, 9.17) is 4.74 Å². The predicted molar refractivity (Wildman–Crippen MR) is 80.2 cm³/mol. The van der Waals surface area contributed by atoms with Crippen molar-refractivity contribution < 1.29 is 9.53 Å². The lowest BCUT2D eigenvalue weighted by molar-refractivity contribution is -0.118. The van der Waals surface area contributed by atoms with Gasteiger partial charge in [0.15, 0.2) is 0 Å². The van der Waals surface area contributed by atoms with Gasteiger partial charge in [0.2, 0.25) is 5.91 Å². The van der Waals surface area contributed by atoms with Crippen LogP contribution >= 0.6 is 0 Å². The Balaban J connectivity index is 1.97. The van der Waals surface area contributed by atoms with Gasteiger partial charge in [-0.15, -0.1) is 0 Å². The van der Waals surface area contributed by atoms with Gasteiger partial charge in [-0.1, -0.05) is 24.3 Å². The van der Waals surface area contributed by atoms with Crippen LogP contribution in [0.15, 0.2) is 30.3 Å². The number of ether oxygens (including phenoxy) is 1. The average Bonchev–Trinajstić information content (AvgIpc) is 2.80. The summed E-state index contributed by atoms with van der Waals surface area (Å²) < 4.78 is 5.55. The third kappa shape index (κ3) is 2.13. The van der Waals surface area contributed by atoms with E-state index in [9.17, 15) is 4.79 Å². The smallest absolute Gasteiger partial charge is 0.216 e. The van der Waals surface area contributed by atoms with Crippen LogP contribution in [0.3, 0.4) is 0 Å². The first kappa shape index (κ1) is 13.0. The lowest BCUT2D eigenvalue weighted by Gasteiger charge is -2.15. The molecule has 3 heteroatoms. The summed E-state index contributed by atoms with van der Waals surface area (Å²) in [6.07, 6.45) is 1.98. The molecule has 3 nitrogen and oxygen atoms in total. The molecule has 0 spiro atoms. The van der Waals surface area contributed by atoms with Gasteiger partial charge in [0, 0.05) is 19.0 Å². The minimum Gasteiger partial charge on any atom is -0.496 e. The number of hydrogen-bond acceptors (Lipinski definition) is 2. The monoisotopic (exact) mass is 269 g/mol. The highest BCUT2D eigenvalue weighted by molar-refractivity contribution is 5.93. The van der Waals surface area contributed by atoms with Gasteiger partial charge >= 0.3 is 0 Å². The minimum atomic E-state index is 0.0330. The molecule has 0 aliphatic heterocycles. The van der Waals surface area contributed by atoms with Crippen LogP contribution in [0, 0.1) is 0 Å². The summed E-state index contributed by atoms with van der Waals surface area (Å²) in [6.45, 7) is 2.28. The molecule has 0 bridgehead atoms. The van der Waals surface area contributed by atoms with Crippen molar-refractivity contribution in [1.29, 1.82) is 0 Å². The number of carbonyl (C=O) groups excluding carboxylic acids is 1. The SMILES string of the molecule is COc1ccc2cccc3c2c1[C@H](CCNC(C)=O)C3. The predicted octanol–water partition coefficient (Wildman–Crippen LogP) is 3.01. The van der Waals surface area contributed by atoms with Crippen molar-refractivity contribution in [2.45, 2.75) is 25.7 Å². The summed E-state index contributed by atoms with van der Waals surface area (Å²) in [5.41, 5.74) is 2.70. The first-order valence-corrected chi connectivity index (χ1v) is 7.03. The third-order valence-corrected chi connectivity index (χ3v) is 4.09. The van der Waals surface area contributed by atoms with Crippen LogP contribution in [0.2, 0.25) is 0 Å². The number of rotatable bonds is 4. The number of hydrogen-bond donors (Lipinski definition) is 1.